The molecule has 0 unspecified atom stereocenters. The van der Waals surface area contributed by atoms with Gasteiger partial charge in [-0.2, -0.15) is 0 Å². The van der Waals surface area contributed by atoms with E-state index < -0.39 is 0 Å². The normalized spacial score (nSPS) is 10.9. The summed E-state index contributed by atoms with van der Waals surface area (Å²) >= 11 is 0. The summed E-state index contributed by atoms with van der Waals surface area (Å²) in [5.41, 5.74) is 3.71. The van der Waals surface area contributed by atoms with Gasteiger partial charge in [0.1, 0.15) is 23.7 Å². The monoisotopic (exact) mass is 289 g/mol. The Labute approximate surface area is 125 Å². The number of rotatable bonds is 7. The molecule has 0 spiro atoms. The lowest BCUT2D eigenvalue weighted by Gasteiger charge is -2.12. The van der Waals surface area contributed by atoms with Crippen molar-refractivity contribution in [2.24, 2.45) is 0 Å². The van der Waals surface area contributed by atoms with E-state index in [1.54, 1.807) is 0 Å². The van der Waals surface area contributed by atoms with Crippen molar-refractivity contribution in [2.75, 3.05) is 0 Å². The molecule has 1 aromatic carbocycles. The third kappa shape index (κ3) is 3.82. The van der Waals surface area contributed by atoms with Gasteiger partial charge in [0.15, 0.2) is 0 Å². The molecule has 0 saturated carbocycles. The molecule has 5 nitrogen and oxygen atoms in total. The van der Waals surface area contributed by atoms with E-state index in [1.807, 2.05) is 30.7 Å². The van der Waals surface area contributed by atoms with Crippen LogP contribution in [0.3, 0.4) is 0 Å². The number of unbranched alkanes of at least 4 members (excludes halogenated alkanes) is 1. The van der Waals surface area contributed by atoms with E-state index in [0.29, 0.717) is 12.3 Å². The molecule has 0 radical (unpaired) electrons. The molecule has 2 rings (SSSR count). The molecule has 1 aromatic heterocycles. The van der Waals surface area contributed by atoms with Crippen molar-refractivity contribution in [2.45, 2.75) is 53.4 Å². The Morgan fingerprint density at radius 3 is 2.81 bits per heavy atom. The minimum Gasteiger partial charge on any atom is -0.487 e. The topological polar surface area (TPSA) is 60.2 Å². The number of nitrogens with zero attached hydrogens (tertiary/aromatic N) is 3. The molecule has 0 saturated heterocycles. The minimum atomic E-state index is -0.113. The molecule has 5 heteroatoms. The van der Waals surface area contributed by atoms with Crippen molar-refractivity contribution in [3.05, 3.63) is 40.7 Å². The first kappa shape index (κ1) is 15.5. The molecule has 0 amide bonds. The lowest BCUT2D eigenvalue weighted by Crippen LogP contribution is -2.10. The average Bonchev–Trinajstić information content (AvgIpc) is 2.88. The van der Waals surface area contributed by atoms with Gasteiger partial charge in [-0.25, -0.2) is 4.68 Å². The summed E-state index contributed by atoms with van der Waals surface area (Å²) in [5.74, 6) is 0.863. The third-order valence-corrected chi connectivity index (χ3v) is 3.50. The standard InChI is InChI=1S/C16H23N3O2/c1-4-5-8-19-15(14(10-20)17-18-19)11-21-16-9-12(2)6-7-13(16)3/h6-7,9,20H,4-5,8,10-11H2,1-3H3. The molecule has 1 N–H and O–H groups in total. The van der Waals surface area contributed by atoms with Crippen molar-refractivity contribution >= 4 is 0 Å². The Morgan fingerprint density at radius 1 is 1.29 bits per heavy atom. The third-order valence-electron chi connectivity index (χ3n) is 3.50. The van der Waals surface area contributed by atoms with Crippen molar-refractivity contribution in [3.8, 4) is 5.75 Å². The number of hydrogen-bond donors (Lipinski definition) is 1. The van der Waals surface area contributed by atoms with Gasteiger partial charge in [0.25, 0.3) is 0 Å². The number of aliphatic hydroxyl groups is 1. The Hall–Kier alpha value is -1.88. The second kappa shape index (κ2) is 7.22. The molecule has 0 bridgehead atoms. The summed E-state index contributed by atoms with van der Waals surface area (Å²) in [6, 6.07) is 6.13. The fourth-order valence-corrected chi connectivity index (χ4v) is 2.15. The highest BCUT2D eigenvalue weighted by Gasteiger charge is 2.13. The quantitative estimate of drug-likeness (QED) is 0.851. The van der Waals surface area contributed by atoms with E-state index >= 15 is 0 Å². The van der Waals surface area contributed by atoms with E-state index in [-0.39, 0.29) is 6.61 Å². The molecular formula is C16H23N3O2. The molecule has 21 heavy (non-hydrogen) atoms. The second-order valence-electron chi connectivity index (χ2n) is 5.28. The summed E-state index contributed by atoms with van der Waals surface area (Å²) in [5, 5.41) is 17.5. The van der Waals surface area contributed by atoms with Gasteiger partial charge in [-0.3, -0.25) is 0 Å². The zero-order valence-corrected chi connectivity index (χ0v) is 13.0. The highest BCUT2D eigenvalue weighted by Crippen LogP contribution is 2.21. The van der Waals surface area contributed by atoms with Gasteiger partial charge in [0, 0.05) is 6.54 Å². The van der Waals surface area contributed by atoms with Gasteiger partial charge < -0.3 is 9.84 Å². The Morgan fingerprint density at radius 2 is 2.10 bits per heavy atom. The van der Waals surface area contributed by atoms with Crippen LogP contribution < -0.4 is 4.74 Å². The maximum absolute atomic E-state index is 9.38. The lowest BCUT2D eigenvalue weighted by atomic mass is 10.1. The van der Waals surface area contributed by atoms with E-state index in [9.17, 15) is 5.11 Å². The first-order valence-electron chi connectivity index (χ1n) is 7.37. The summed E-state index contributed by atoms with van der Waals surface area (Å²) in [4.78, 5) is 0. The van der Waals surface area contributed by atoms with Gasteiger partial charge in [-0.05, 0) is 37.5 Å². The molecule has 2 aromatic rings. The SMILES string of the molecule is CCCCn1nnc(CO)c1COc1cc(C)ccc1C. The molecule has 0 fully saturated rings. The molecular weight excluding hydrogens is 266 g/mol. The lowest BCUT2D eigenvalue weighted by molar-refractivity contribution is 0.260. The number of aromatic nitrogens is 3. The molecule has 0 atom stereocenters. The second-order valence-corrected chi connectivity index (χ2v) is 5.28. The molecule has 0 aliphatic heterocycles. The summed E-state index contributed by atoms with van der Waals surface area (Å²) in [6.45, 7) is 7.26. The highest BCUT2D eigenvalue weighted by atomic mass is 16.5. The van der Waals surface area contributed by atoms with Crippen molar-refractivity contribution < 1.29 is 9.84 Å². The fraction of sp³-hybridized carbons (Fsp3) is 0.500. The molecule has 0 aliphatic rings. The Bertz CT molecular complexity index is 593. The van der Waals surface area contributed by atoms with Crippen LogP contribution in [0, 0.1) is 13.8 Å². The van der Waals surface area contributed by atoms with Crippen LogP contribution in [0.4, 0.5) is 0 Å². The van der Waals surface area contributed by atoms with E-state index in [2.05, 4.69) is 23.3 Å². The molecule has 1 heterocycles. The van der Waals surface area contributed by atoms with Gasteiger partial charge in [0.05, 0.1) is 6.61 Å². The average molecular weight is 289 g/mol. The van der Waals surface area contributed by atoms with Crippen LogP contribution in [0.15, 0.2) is 18.2 Å². The van der Waals surface area contributed by atoms with E-state index in [0.717, 1.165) is 42.0 Å². The maximum Gasteiger partial charge on any atom is 0.132 e. The van der Waals surface area contributed by atoms with Crippen molar-refractivity contribution in [1.29, 1.82) is 0 Å². The smallest absolute Gasteiger partial charge is 0.132 e. The number of hydrogen-bond acceptors (Lipinski definition) is 4. The van der Waals surface area contributed by atoms with E-state index in [4.69, 9.17) is 4.74 Å². The van der Waals surface area contributed by atoms with Crippen molar-refractivity contribution in [3.63, 3.8) is 0 Å². The number of aryl methyl sites for hydroxylation is 3. The number of benzene rings is 1. The number of ether oxygens (including phenoxy) is 1. The van der Waals surface area contributed by atoms with Gasteiger partial charge in [0.2, 0.25) is 0 Å². The summed E-state index contributed by atoms with van der Waals surface area (Å²) in [6.07, 6.45) is 2.12. The predicted molar refractivity (Wildman–Crippen MR) is 81.1 cm³/mol. The van der Waals surface area contributed by atoms with Crippen molar-refractivity contribution in [1.82, 2.24) is 15.0 Å². The molecule has 114 valence electrons. The zero-order chi connectivity index (χ0) is 15.2. The van der Waals surface area contributed by atoms with Crippen LogP contribution >= 0.6 is 0 Å². The van der Waals surface area contributed by atoms with Crippen LogP contribution in [0.1, 0.15) is 42.3 Å². The zero-order valence-electron chi connectivity index (χ0n) is 13.0. The fourth-order valence-electron chi connectivity index (χ4n) is 2.15. The van der Waals surface area contributed by atoms with Crippen LogP contribution in [0.25, 0.3) is 0 Å². The predicted octanol–water partition coefficient (Wildman–Crippen LogP) is 2.77. The number of aliphatic hydroxyl groups excluding tert-OH is 1. The van der Waals surface area contributed by atoms with Crippen LogP contribution in [-0.2, 0) is 19.8 Å². The van der Waals surface area contributed by atoms with Gasteiger partial charge >= 0.3 is 0 Å². The highest BCUT2D eigenvalue weighted by molar-refractivity contribution is 5.36. The Balaban J connectivity index is 2.14. The maximum atomic E-state index is 9.38. The van der Waals surface area contributed by atoms with Gasteiger partial charge in [-0.15, -0.1) is 5.10 Å². The first-order chi connectivity index (χ1) is 10.2. The first-order valence-corrected chi connectivity index (χ1v) is 7.37. The van der Waals surface area contributed by atoms with E-state index in [1.165, 1.54) is 0 Å². The Kier molecular flexibility index (Phi) is 5.33. The largest absolute Gasteiger partial charge is 0.487 e. The summed E-state index contributed by atoms with van der Waals surface area (Å²) in [7, 11) is 0. The summed E-state index contributed by atoms with van der Waals surface area (Å²) < 4.78 is 7.75. The van der Waals surface area contributed by atoms with Gasteiger partial charge in [-0.1, -0.05) is 30.7 Å². The van der Waals surface area contributed by atoms with Crippen LogP contribution in [0.2, 0.25) is 0 Å². The van der Waals surface area contributed by atoms with Crippen LogP contribution in [-0.4, -0.2) is 20.1 Å². The van der Waals surface area contributed by atoms with Crippen LogP contribution in [0.5, 0.6) is 5.75 Å². The molecule has 0 aliphatic carbocycles. The minimum absolute atomic E-state index is 0.113.